The molecular weight excluding hydrogens is 492 g/mol. The fourth-order valence-corrected chi connectivity index (χ4v) is 3.37. The number of anilines is 2. The average molecular weight is 508 g/mol. The van der Waals surface area contributed by atoms with E-state index in [1.807, 2.05) is 24.3 Å². The number of aliphatic carboxylic acids is 2. The molecule has 0 spiro atoms. The predicted molar refractivity (Wildman–Crippen MR) is 114 cm³/mol. The van der Waals surface area contributed by atoms with Crippen molar-refractivity contribution < 1.29 is 19.8 Å². The second kappa shape index (κ2) is 8.62. The highest BCUT2D eigenvalue weighted by atomic mass is 79.9. The highest BCUT2D eigenvalue weighted by Gasteiger charge is 2.28. The summed E-state index contributed by atoms with van der Waals surface area (Å²) in [5.41, 5.74) is 2.37. The first-order chi connectivity index (χ1) is 13.3. The van der Waals surface area contributed by atoms with E-state index in [0.29, 0.717) is 22.8 Å². The molecule has 3 rings (SSSR count). The minimum absolute atomic E-state index is 0.0219. The molecule has 0 aromatic heterocycles. The first kappa shape index (κ1) is 20.2. The van der Waals surface area contributed by atoms with Crippen LogP contribution in [0.5, 0.6) is 0 Å². The lowest BCUT2D eigenvalue weighted by molar-refractivity contribution is -0.134. The number of hydrogen-bond acceptors (Lipinski definition) is 4. The first-order valence-corrected chi connectivity index (χ1v) is 9.88. The van der Waals surface area contributed by atoms with Gasteiger partial charge in [-0.25, -0.2) is 9.59 Å². The summed E-state index contributed by atoms with van der Waals surface area (Å²) in [6, 6.07) is 14.4. The van der Waals surface area contributed by atoms with Gasteiger partial charge in [-0.1, -0.05) is 31.9 Å². The number of carbonyl (C=O) groups is 2. The molecule has 0 saturated heterocycles. The van der Waals surface area contributed by atoms with Gasteiger partial charge in [-0.2, -0.15) is 0 Å². The fourth-order valence-electron chi connectivity index (χ4n) is 2.84. The summed E-state index contributed by atoms with van der Waals surface area (Å²) < 4.78 is 1.78. The van der Waals surface area contributed by atoms with Crippen LogP contribution in [0.25, 0.3) is 0 Å². The third kappa shape index (κ3) is 4.82. The van der Waals surface area contributed by atoms with E-state index in [-0.39, 0.29) is 24.0 Å². The number of benzene rings is 2. The van der Waals surface area contributed by atoms with Crippen LogP contribution < -0.4 is 10.6 Å². The van der Waals surface area contributed by atoms with E-state index in [4.69, 9.17) is 0 Å². The van der Waals surface area contributed by atoms with Crippen molar-refractivity contribution in [2.45, 2.75) is 12.8 Å². The lowest BCUT2D eigenvalue weighted by atomic mass is 9.92. The van der Waals surface area contributed by atoms with Crippen LogP contribution in [0.3, 0.4) is 0 Å². The first-order valence-electron chi connectivity index (χ1n) is 8.29. The molecule has 1 aliphatic rings. The Labute approximate surface area is 178 Å². The van der Waals surface area contributed by atoms with Crippen LogP contribution in [0.15, 0.2) is 80.0 Å². The Morgan fingerprint density at radius 3 is 1.29 bits per heavy atom. The van der Waals surface area contributed by atoms with E-state index in [9.17, 15) is 19.8 Å². The third-order valence-electron chi connectivity index (χ3n) is 4.23. The number of allylic oxidation sites excluding steroid dienone is 2. The summed E-state index contributed by atoms with van der Waals surface area (Å²) in [5, 5.41) is 25.5. The zero-order chi connectivity index (χ0) is 20.3. The molecule has 0 amide bonds. The minimum atomic E-state index is -1.08. The van der Waals surface area contributed by atoms with Gasteiger partial charge >= 0.3 is 11.9 Å². The molecule has 1 aliphatic carbocycles. The van der Waals surface area contributed by atoms with Crippen LogP contribution in [0, 0.1) is 0 Å². The van der Waals surface area contributed by atoms with Crippen molar-refractivity contribution in [3.05, 3.63) is 80.0 Å². The Morgan fingerprint density at radius 1 is 0.679 bits per heavy atom. The van der Waals surface area contributed by atoms with E-state index in [2.05, 4.69) is 42.5 Å². The highest BCUT2D eigenvalue weighted by Crippen LogP contribution is 2.32. The second-order valence-corrected chi connectivity index (χ2v) is 7.97. The molecule has 0 atom stereocenters. The van der Waals surface area contributed by atoms with Gasteiger partial charge in [-0.15, -0.1) is 0 Å². The van der Waals surface area contributed by atoms with Gasteiger partial charge in [-0.3, -0.25) is 0 Å². The van der Waals surface area contributed by atoms with Gasteiger partial charge in [0.25, 0.3) is 0 Å². The standard InChI is InChI=1S/C20H16Br2N2O4/c21-11-1-5-13(6-2-11)23-17-9-16(20(27)28)18(10-15(17)19(25)26)24-14-7-3-12(22)4-8-14/h1-8,23-24H,9-10H2,(H,25,26)(H,27,28). The Hall–Kier alpha value is -2.58. The number of halogens is 2. The van der Waals surface area contributed by atoms with Crippen LogP contribution in [0.4, 0.5) is 11.4 Å². The highest BCUT2D eigenvalue weighted by molar-refractivity contribution is 9.10. The SMILES string of the molecule is O=C(O)C1=C(Nc2ccc(Br)cc2)CC(C(=O)O)=C(Nc2ccc(Br)cc2)C1. The summed E-state index contributed by atoms with van der Waals surface area (Å²) in [6.07, 6.45) is -0.0439. The molecule has 2 aromatic rings. The van der Waals surface area contributed by atoms with Crippen LogP contribution in [-0.2, 0) is 9.59 Å². The molecule has 0 heterocycles. The zero-order valence-electron chi connectivity index (χ0n) is 14.5. The molecule has 144 valence electrons. The second-order valence-electron chi connectivity index (χ2n) is 6.14. The Morgan fingerprint density at radius 2 is 1.00 bits per heavy atom. The fraction of sp³-hybridized carbons (Fsp3) is 0.100. The molecule has 0 aliphatic heterocycles. The largest absolute Gasteiger partial charge is 0.478 e. The van der Waals surface area contributed by atoms with Gasteiger partial charge in [0.05, 0.1) is 11.1 Å². The molecule has 28 heavy (non-hydrogen) atoms. The van der Waals surface area contributed by atoms with Gasteiger partial charge in [-0.05, 0) is 48.5 Å². The van der Waals surface area contributed by atoms with Gasteiger partial charge in [0.15, 0.2) is 0 Å². The summed E-state index contributed by atoms with van der Waals surface area (Å²) in [6.45, 7) is 0. The molecule has 4 N–H and O–H groups in total. The van der Waals surface area contributed by atoms with Crippen molar-refractivity contribution in [3.63, 3.8) is 0 Å². The van der Waals surface area contributed by atoms with Crippen LogP contribution in [0.1, 0.15) is 12.8 Å². The lowest BCUT2D eigenvalue weighted by Crippen LogP contribution is -2.23. The number of nitrogens with one attached hydrogen (secondary N) is 2. The number of hydrogen-bond donors (Lipinski definition) is 4. The van der Waals surface area contributed by atoms with E-state index in [0.717, 1.165) is 8.95 Å². The van der Waals surface area contributed by atoms with Gasteiger partial charge in [0, 0.05) is 44.6 Å². The van der Waals surface area contributed by atoms with Crippen molar-refractivity contribution in [3.8, 4) is 0 Å². The van der Waals surface area contributed by atoms with E-state index in [1.54, 1.807) is 24.3 Å². The summed E-state index contributed by atoms with van der Waals surface area (Å²) in [5.74, 6) is -2.17. The average Bonchev–Trinajstić information content (AvgIpc) is 2.66. The molecule has 8 heteroatoms. The monoisotopic (exact) mass is 506 g/mol. The smallest absolute Gasteiger partial charge is 0.333 e. The quantitative estimate of drug-likeness (QED) is 0.428. The summed E-state index contributed by atoms with van der Waals surface area (Å²) in [7, 11) is 0. The number of rotatable bonds is 6. The van der Waals surface area contributed by atoms with E-state index in [1.165, 1.54) is 0 Å². The molecule has 0 unspecified atom stereocenters. The van der Waals surface area contributed by atoms with Gasteiger partial charge < -0.3 is 20.8 Å². The van der Waals surface area contributed by atoms with Gasteiger partial charge in [0.2, 0.25) is 0 Å². The molecule has 6 nitrogen and oxygen atoms in total. The topological polar surface area (TPSA) is 98.7 Å². The maximum absolute atomic E-state index is 11.8. The molecule has 0 bridgehead atoms. The Kier molecular flexibility index (Phi) is 6.21. The molecular formula is C20H16Br2N2O4. The number of carboxylic acids is 2. The van der Waals surface area contributed by atoms with Crippen molar-refractivity contribution in [1.29, 1.82) is 0 Å². The van der Waals surface area contributed by atoms with Crippen LogP contribution in [0.2, 0.25) is 0 Å². The summed E-state index contributed by atoms with van der Waals surface area (Å²) in [4.78, 5) is 23.6. The van der Waals surface area contributed by atoms with E-state index >= 15 is 0 Å². The third-order valence-corrected chi connectivity index (χ3v) is 5.29. The van der Waals surface area contributed by atoms with Crippen molar-refractivity contribution in [1.82, 2.24) is 0 Å². The molecule has 2 aromatic carbocycles. The zero-order valence-corrected chi connectivity index (χ0v) is 17.7. The lowest BCUT2D eigenvalue weighted by Gasteiger charge is -2.24. The number of carboxylic acid groups (broad SMARTS) is 2. The van der Waals surface area contributed by atoms with Crippen molar-refractivity contribution >= 4 is 55.2 Å². The van der Waals surface area contributed by atoms with Crippen LogP contribution >= 0.6 is 31.9 Å². The summed E-state index contributed by atoms with van der Waals surface area (Å²) >= 11 is 6.70. The minimum Gasteiger partial charge on any atom is -0.478 e. The maximum Gasteiger partial charge on any atom is 0.333 e. The predicted octanol–water partition coefficient (Wildman–Crippen LogP) is 5.21. The van der Waals surface area contributed by atoms with Crippen molar-refractivity contribution in [2.75, 3.05) is 10.6 Å². The molecule has 0 radical (unpaired) electrons. The Bertz CT molecular complexity index is 899. The molecule has 0 saturated carbocycles. The van der Waals surface area contributed by atoms with Crippen molar-refractivity contribution in [2.24, 2.45) is 0 Å². The Balaban J connectivity index is 1.91. The normalized spacial score (nSPS) is 14.1. The van der Waals surface area contributed by atoms with Gasteiger partial charge in [0.1, 0.15) is 0 Å². The molecule has 0 fully saturated rings. The van der Waals surface area contributed by atoms with E-state index < -0.39 is 11.9 Å². The van der Waals surface area contributed by atoms with Crippen LogP contribution in [-0.4, -0.2) is 22.2 Å². The maximum atomic E-state index is 11.8.